The molecule has 1 amide bonds. The van der Waals surface area contributed by atoms with E-state index in [0.717, 1.165) is 5.69 Å². The summed E-state index contributed by atoms with van der Waals surface area (Å²) in [5, 5.41) is 19.9. The number of carbonyl (C=O) groups excluding carboxylic acids is 1. The predicted molar refractivity (Wildman–Crippen MR) is 79.9 cm³/mol. The summed E-state index contributed by atoms with van der Waals surface area (Å²) in [5.74, 6) is -0.772. The zero-order valence-corrected chi connectivity index (χ0v) is 12.9. The summed E-state index contributed by atoms with van der Waals surface area (Å²) in [6, 6.07) is 1.06. The monoisotopic (exact) mass is 305 g/mol. The highest BCUT2D eigenvalue weighted by atomic mass is 16.4. The quantitative estimate of drug-likeness (QED) is 0.878. The smallest absolute Gasteiger partial charge is 0.328 e. The van der Waals surface area contributed by atoms with Crippen molar-refractivity contribution in [2.45, 2.75) is 39.8 Å². The van der Waals surface area contributed by atoms with E-state index in [1.807, 2.05) is 20.8 Å². The number of aryl methyl sites for hydroxylation is 1. The van der Waals surface area contributed by atoms with Crippen LogP contribution in [0.25, 0.3) is 0 Å². The molecular formula is C14H19N5O3. The molecule has 0 fully saturated rings. The van der Waals surface area contributed by atoms with Crippen LogP contribution < -0.4 is 5.32 Å². The first-order valence-corrected chi connectivity index (χ1v) is 6.94. The Morgan fingerprint density at radius 2 is 2.00 bits per heavy atom. The molecule has 1 atom stereocenters. The third-order valence-corrected chi connectivity index (χ3v) is 3.21. The van der Waals surface area contributed by atoms with Gasteiger partial charge in [0.25, 0.3) is 5.91 Å². The van der Waals surface area contributed by atoms with Gasteiger partial charge in [-0.1, -0.05) is 0 Å². The average Bonchev–Trinajstić information content (AvgIpc) is 3.04. The van der Waals surface area contributed by atoms with Gasteiger partial charge in [0.15, 0.2) is 0 Å². The molecule has 2 aromatic heterocycles. The second-order valence-electron chi connectivity index (χ2n) is 5.39. The number of nitrogens with one attached hydrogen (secondary N) is 1. The Bertz CT molecular complexity index is 701. The maximum atomic E-state index is 12.3. The molecule has 118 valence electrons. The van der Waals surface area contributed by atoms with Crippen LogP contribution >= 0.6 is 0 Å². The van der Waals surface area contributed by atoms with Crippen molar-refractivity contribution in [3.8, 4) is 0 Å². The van der Waals surface area contributed by atoms with Gasteiger partial charge in [0.1, 0.15) is 11.9 Å². The molecule has 2 rings (SSSR count). The van der Waals surface area contributed by atoms with E-state index in [0.29, 0.717) is 11.4 Å². The molecule has 0 aromatic carbocycles. The van der Waals surface area contributed by atoms with Crippen LogP contribution in [0.1, 0.15) is 48.9 Å². The predicted octanol–water partition coefficient (Wildman–Crippen LogP) is 1.87. The third kappa shape index (κ3) is 3.16. The molecule has 8 nitrogen and oxygen atoms in total. The fourth-order valence-electron chi connectivity index (χ4n) is 1.97. The highest BCUT2D eigenvalue weighted by molar-refractivity contribution is 6.03. The van der Waals surface area contributed by atoms with Gasteiger partial charge in [0.05, 0.1) is 17.5 Å². The standard InChI is InChI=1S/C14H19N5O3/c1-8(2)19-12(5-9(3)17-19)16-13(20)11-6-15-18(7-11)10(4)14(21)22/h5-8,10H,1-4H3,(H,16,20)(H,21,22). The highest BCUT2D eigenvalue weighted by Crippen LogP contribution is 2.17. The molecule has 0 aliphatic carbocycles. The Morgan fingerprint density at radius 3 is 2.59 bits per heavy atom. The Balaban J connectivity index is 2.18. The molecular weight excluding hydrogens is 286 g/mol. The van der Waals surface area contributed by atoms with Crippen LogP contribution in [0.2, 0.25) is 0 Å². The molecule has 2 aromatic rings. The zero-order valence-electron chi connectivity index (χ0n) is 12.9. The fraction of sp³-hybridized carbons (Fsp3) is 0.429. The van der Waals surface area contributed by atoms with Crippen LogP contribution in [0.4, 0.5) is 5.82 Å². The summed E-state index contributed by atoms with van der Waals surface area (Å²) < 4.78 is 2.96. The lowest BCUT2D eigenvalue weighted by molar-refractivity contribution is -0.140. The van der Waals surface area contributed by atoms with Gasteiger partial charge in [-0.05, 0) is 27.7 Å². The number of aromatic nitrogens is 4. The molecule has 0 radical (unpaired) electrons. The minimum atomic E-state index is -1.01. The number of nitrogens with zero attached hydrogens (tertiary/aromatic N) is 4. The number of carbonyl (C=O) groups is 2. The average molecular weight is 305 g/mol. The zero-order chi connectivity index (χ0) is 16.4. The normalized spacial score (nSPS) is 12.4. The van der Waals surface area contributed by atoms with Gasteiger partial charge >= 0.3 is 5.97 Å². The van der Waals surface area contributed by atoms with Crippen molar-refractivity contribution in [3.05, 3.63) is 29.7 Å². The molecule has 0 spiro atoms. The lowest BCUT2D eigenvalue weighted by Gasteiger charge is -2.11. The van der Waals surface area contributed by atoms with Crippen molar-refractivity contribution < 1.29 is 14.7 Å². The van der Waals surface area contributed by atoms with E-state index >= 15 is 0 Å². The van der Waals surface area contributed by atoms with E-state index in [1.54, 1.807) is 10.7 Å². The second kappa shape index (κ2) is 6.00. The van der Waals surface area contributed by atoms with E-state index in [2.05, 4.69) is 15.5 Å². The van der Waals surface area contributed by atoms with Crippen LogP contribution in [0, 0.1) is 6.92 Å². The largest absolute Gasteiger partial charge is 0.480 e. The summed E-state index contributed by atoms with van der Waals surface area (Å²) in [6.07, 6.45) is 2.76. The molecule has 2 N–H and O–H groups in total. The van der Waals surface area contributed by atoms with Gasteiger partial charge in [-0.3, -0.25) is 9.48 Å². The first-order valence-electron chi connectivity index (χ1n) is 6.94. The number of aliphatic carboxylic acids is 1. The van der Waals surface area contributed by atoms with Crippen LogP contribution in [0.15, 0.2) is 18.5 Å². The fourth-order valence-corrected chi connectivity index (χ4v) is 1.97. The van der Waals surface area contributed by atoms with E-state index in [4.69, 9.17) is 5.11 Å². The number of carboxylic acids is 1. The maximum Gasteiger partial charge on any atom is 0.328 e. The van der Waals surface area contributed by atoms with Crippen molar-refractivity contribution in [2.75, 3.05) is 5.32 Å². The van der Waals surface area contributed by atoms with Crippen LogP contribution in [-0.2, 0) is 4.79 Å². The highest BCUT2D eigenvalue weighted by Gasteiger charge is 2.18. The molecule has 0 saturated carbocycles. The van der Waals surface area contributed by atoms with Crippen LogP contribution in [0.5, 0.6) is 0 Å². The molecule has 22 heavy (non-hydrogen) atoms. The SMILES string of the molecule is Cc1cc(NC(=O)c2cnn(C(C)C(=O)O)c2)n(C(C)C)n1. The van der Waals surface area contributed by atoms with Gasteiger partial charge in [-0.2, -0.15) is 10.2 Å². The topological polar surface area (TPSA) is 102 Å². The molecule has 0 aliphatic heterocycles. The summed E-state index contributed by atoms with van der Waals surface area (Å²) in [6.45, 7) is 7.28. The number of rotatable bonds is 5. The summed E-state index contributed by atoms with van der Waals surface area (Å²) in [5.41, 5.74) is 1.10. The lowest BCUT2D eigenvalue weighted by Crippen LogP contribution is -2.17. The Morgan fingerprint density at radius 1 is 1.32 bits per heavy atom. The van der Waals surface area contributed by atoms with Gasteiger partial charge in [0.2, 0.25) is 0 Å². The lowest BCUT2D eigenvalue weighted by atomic mass is 10.3. The molecule has 0 bridgehead atoms. The number of amides is 1. The first-order chi connectivity index (χ1) is 10.3. The van der Waals surface area contributed by atoms with E-state index in [1.165, 1.54) is 24.0 Å². The number of hydrogen-bond acceptors (Lipinski definition) is 4. The molecule has 0 aliphatic rings. The van der Waals surface area contributed by atoms with Gasteiger partial charge in [-0.15, -0.1) is 0 Å². The molecule has 0 saturated heterocycles. The maximum absolute atomic E-state index is 12.3. The Kier molecular flexibility index (Phi) is 4.30. The van der Waals surface area contributed by atoms with Crippen molar-refractivity contribution in [1.29, 1.82) is 0 Å². The van der Waals surface area contributed by atoms with Gasteiger partial charge in [-0.25, -0.2) is 9.48 Å². The number of hydrogen-bond donors (Lipinski definition) is 2. The third-order valence-electron chi connectivity index (χ3n) is 3.21. The Hall–Kier alpha value is -2.64. The van der Waals surface area contributed by atoms with Crippen molar-refractivity contribution >= 4 is 17.7 Å². The first kappa shape index (κ1) is 15.7. The second-order valence-corrected chi connectivity index (χ2v) is 5.39. The summed E-state index contributed by atoms with van der Waals surface area (Å²) in [7, 11) is 0. The van der Waals surface area contributed by atoms with Crippen LogP contribution in [-0.4, -0.2) is 36.5 Å². The number of anilines is 1. The molecule has 8 heteroatoms. The van der Waals surface area contributed by atoms with Crippen molar-refractivity contribution in [2.24, 2.45) is 0 Å². The van der Waals surface area contributed by atoms with E-state index in [9.17, 15) is 9.59 Å². The molecule has 1 unspecified atom stereocenters. The minimum absolute atomic E-state index is 0.110. The molecule has 2 heterocycles. The van der Waals surface area contributed by atoms with Gasteiger partial charge < -0.3 is 10.4 Å². The van der Waals surface area contributed by atoms with E-state index in [-0.39, 0.29) is 11.9 Å². The summed E-state index contributed by atoms with van der Waals surface area (Å²) >= 11 is 0. The van der Waals surface area contributed by atoms with E-state index < -0.39 is 12.0 Å². The number of carboxylic acid groups (broad SMARTS) is 1. The van der Waals surface area contributed by atoms with Gasteiger partial charge in [0, 0.05) is 18.3 Å². The Labute approximate surface area is 127 Å². The van der Waals surface area contributed by atoms with Crippen molar-refractivity contribution in [1.82, 2.24) is 19.6 Å². The minimum Gasteiger partial charge on any atom is -0.480 e. The van der Waals surface area contributed by atoms with Crippen LogP contribution in [0.3, 0.4) is 0 Å². The van der Waals surface area contributed by atoms with Crippen molar-refractivity contribution in [3.63, 3.8) is 0 Å². The summed E-state index contributed by atoms with van der Waals surface area (Å²) in [4.78, 5) is 23.2.